The van der Waals surface area contributed by atoms with Gasteiger partial charge >= 0.3 is 0 Å². The van der Waals surface area contributed by atoms with Crippen LogP contribution in [0.2, 0.25) is 0 Å². The van der Waals surface area contributed by atoms with Crippen LogP contribution in [0.1, 0.15) is 58.9 Å². The molecule has 7 heteroatoms. The van der Waals surface area contributed by atoms with Gasteiger partial charge in [0.15, 0.2) is 0 Å². The van der Waals surface area contributed by atoms with Gasteiger partial charge < -0.3 is 9.88 Å². The average molecular weight is 432 g/mol. The summed E-state index contributed by atoms with van der Waals surface area (Å²) in [5.74, 6) is 0.469. The molecule has 0 spiro atoms. The van der Waals surface area contributed by atoms with Gasteiger partial charge in [-0.2, -0.15) is 0 Å². The van der Waals surface area contributed by atoms with Crippen LogP contribution in [0.5, 0.6) is 0 Å². The highest BCUT2D eigenvalue weighted by molar-refractivity contribution is 5.95. The number of carbonyl (C=O) groups is 1. The van der Waals surface area contributed by atoms with Gasteiger partial charge in [0.1, 0.15) is 11.9 Å². The van der Waals surface area contributed by atoms with E-state index in [9.17, 15) is 9.59 Å². The number of rotatable bonds is 5. The van der Waals surface area contributed by atoms with Crippen LogP contribution < -0.4 is 10.9 Å². The van der Waals surface area contributed by atoms with Crippen molar-refractivity contribution in [2.45, 2.75) is 45.4 Å². The maximum atomic E-state index is 12.7. The minimum absolute atomic E-state index is 0.241. The van der Waals surface area contributed by atoms with Gasteiger partial charge in [-0.1, -0.05) is 6.07 Å². The van der Waals surface area contributed by atoms with Crippen molar-refractivity contribution in [1.82, 2.24) is 24.8 Å². The summed E-state index contributed by atoms with van der Waals surface area (Å²) in [6.07, 6.45) is 9.25. The molecule has 0 saturated heterocycles. The van der Waals surface area contributed by atoms with E-state index < -0.39 is 0 Å². The van der Waals surface area contributed by atoms with Crippen LogP contribution in [-0.4, -0.2) is 32.0 Å². The molecule has 3 heterocycles. The molecule has 0 aliphatic heterocycles. The Hall–Kier alpha value is -3.35. The molecule has 0 bridgehead atoms. The first-order valence-corrected chi connectivity index (χ1v) is 11.1. The Morgan fingerprint density at radius 2 is 1.94 bits per heavy atom. The number of nitrogens with zero attached hydrogens (tertiary/aromatic N) is 4. The van der Waals surface area contributed by atoms with Crippen LogP contribution in [0.25, 0.3) is 11.3 Å². The van der Waals surface area contributed by atoms with Crippen LogP contribution in [-0.2, 0) is 7.05 Å². The van der Waals surface area contributed by atoms with Gasteiger partial charge in [-0.25, -0.2) is 9.97 Å². The fourth-order valence-corrected chi connectivity index (χ4v) is 4.60. The number of amides is 1. The second kappa shape index (κ2) is 9.42. The molecule has 0 aromatic carbocycles. The Morgan fingerprint density at radius 3 is 2.66 bits per heavy atom. The Morgan fingerprint density at radius 1 is 1.16 bits per heavy atom. The highest BCUT2D eigenvalue weighted by atomic mass is 16.2. The monoisotopic (exact) mass is 431 g/mol. The van der Waals surface area contributed by atoms with Gasteiger partial charge in [-0.15, -0.1) is 0 Å². The highest BCUT2D eigenvalue weighted by Gasteiger charge is 2.26. The molecule has 1 aliphatic rings. The molecule has 0 radical (unpaired) electrons. The van der Waals surface area contributed by atoms with Crippen molar-refractivity contribution in [3.8, 4) is 11.3 Å². The molecule has 0 unspecified atom stereocenters. The van der Waals surface area contributed by atoms with Crippen molar-refractivity contribution in [2.75, 3.05) is 6.54 Å². The van der Waals surface area contributed by atoms with Crippen LogP contribution in [0.15, 0.2) is 47.8 Å². The second-order valence-electron chi connectivity index (χ2n) is 8.67. The molecule has 32 heavy (non-hydrogen) atoms. The summed E-state index contributed by atoms with van der Waals surface area (Å²) >= 11 is 0. The molecule has 1 fully saturated rings. The van der Waals surface area contributed by atoms with E-state index in [1.165, 1.54) is 4.57 Å². The van der Waals surface area contributed by atoms with E-state index in [1.807, 2.05) is 44.3 Å². The summed E-state index contributed by atoms with van der Waals surface area (Å²) in [5, 5.41) is 3.00. The summed E-state index contributed by atoms with van der Waals surface area (Å²) in [7, 11) is 1.70. The van der Waals surface area contributed by atoms with Gasteiger partial charge in [0.05, 0.1) is 11.4 Å². The third kappa shape index (κ3) is 4.47. The zero-order valence-electron chi connectivity index (χ0n) is 18.8. The fraction of sp³-hybridized carbons (Fsp3) is 0.400. The van der Waals surface area contributed by atoms with E-state index in [4.69, 9.17) is 0 Å². The van der Waals surface area contributed by atoms with E-state index in [0.717, 1.165) is 53.9 Å². The topological polar surface area (TPSA) is 89.8 Å². The lowest BCUT2D eigenvalue weighted by molar-refractivity contribution is 0.0940. The quantitative estimate of drug-likeness (QED) is 0.667. The first-order valence-electron chi connectivity index (χ1n) is 11.1. The molecule has 7 nitrogen and oxygen atoms in total. The molecule has 3 aromatic heterocycles. The number of hydrogen-bond acceptors (Lipinski definition) is 5. The normalized spacial score (nSPS) is 18.3. The molecule has 1 amide bonds. The van der Waals surface area contributed by atoms with Crippen molar-refractivity contribution < 1.29 is 4.79 Å². The van der Waals surface area contributed by atoms with Crippen molar-refractivity contribution in [1.29, 1.82) is 0 Å². The molecule has 166 valence electrons. The first-order chi connectivity index (χ1) is 15.5. The SMILES string of the molecule is Cc1cc(C)n(C)c(=O)c1C(=O)NCC1CCC(c2ncncc2-c2ccccn2)CC1. The number of nitrogens with one attached hydrogen (secondary N) is 1. The number of pyridine rings is 2. The summed E-state index contributed by atoms with van der Waals surface area (Å²) in [5.41, 5.74) is 4.51. The number of carbonyl (C=O) groups excluding carboxylic acids is 1. The molecule has 4 rings (SSSR count). The molecule has 1 aliphatic carbocycles. The van der Waals surface area contributed by atoms with Crippen molar-refractivity contribution in [2.24, 2.45) is 13.0 Å². The van der Waals surface area contributed by atoms with Gasteiger partial charge in [0.25, 0.3) is 11.5 Å². The van der Waals surface area contributed by atoms with Crippen molar-refractivity contribution >= 4 is 5.91 Å². The number of aryl methyl sites for hydroxylation is 2. The third-order valence-corrected chi connectivity index (χ3v) is 6.56. The molecule has 1 saturated carbocycles. The average Bonchev–Trinajstić information content (AvgIpc) is 2.82. The Labute approximate surface area is 188 Å². The molecule has 0 atom stereocenters. The molecular weight excluding hydrogens is 402 g/mol. The summed E-state index contributed by atoms with van der Waals surface area (Å²) in [4.78, 5) is 38.5. The van der Waals surface area contributed by atoms with E-state index in [1.54, 1.807) is 19.6 Å². The lowest BCUT2D eigenvalue weighted by Crippen LogP contribution is -2.37. The van der Waals surface area contributed by atoms with Gasteiger partial charge in [-0.3, -0.25) is 14.6 Å². The second-order valence-corrected chi connectivity index (χ2v) is 8.67. The smallest absolute Gasteiger partial charge is 0.263 e. The van der Waals surface area contributed by atoms with E-state index in [-0.39, 0.29) is 17.0 Å². The lowest BCUT2D eigenvalue weighted by Gasteiger charge is -2.29. The Kier molecular flexibility index (Phi) is 6.44. The predicted molar refractivity (Wildman–Crippen MR) is 123 cm³/mol. The standard InChI is InChI=1S/C25H29N5O2/c1-16-12-17(2)30(3)25(32)22(16)24(31)28-13-18-7-9-19(10-8-18)23-20(14-26-15-29-23)21-6-4-5-11-27-21/h4-6,11-12,14-15,18-19H,7-10,13H2,1-3H3,(H,28,31). The van der Waals surface area contributed by atoms with Crippen LogP contribution in [0.4, 0.5) is 0 Å². The highest BCUT2D eigenvalue weighted by Crippen LogP contribution is 2.38. The number of hydrogen-bond donors (Lipinski definition) is 1. The summed E-state index contributed by atoms with van der Waals surface area (Å²) in [6, 6.07) is 7.74. The van der Waals surface area contributed by atoms with Crippen LogP contribution in [0.3, 0.4) is 0 Å². The van der Waals surface area contributed by atoms with E-state index in [2.05, 4.69) is 20.3 Å². The zero-order valence-corrected chi connectivity index (χ0v) is 18.8. The summed E-state index contributed by atoms with van der Waals surface area (Å²) in [6.45, 7) is 4.26. The van der Waals surface area contributed by atoms with Gasteiger partial charge in [0.2, 0.25) is 0 Å². The van der Waals surface area contributed by atoms with Crippen LogP contribution in [0, 0.1) is 19.8 Å². The van der Waals surface area contributed by atoms with Crippen molar-refractivity contribution in [3.05, 3.63) is 75.9 Å². The van der Waals surface area contributed by atoms with E-state index >= 15 is 0 Å². The zero-order chi connectivity index (χ0) is 22.7. The lowest BCUT2D eigenvalue weighted by atomic mass is 9.79. The third-order valence-electron chi connectivity index (χ3n) is 6.56. The van der Waals surface area contributed by atoms with Crippen LogP contribution >= 0.6 is 0 Å². The summed E-state index contributed by atoms with van der Waals surface area (Å²) < 4.78 is 1.52. The number of aromatic nitrogens is 4. The maximum absolute atomic E-state index is 12.7. The fourth-order valence-electron chi connectivity index (χ4n) is 4.60. The largest absolute Gasteiger partial charge is 0.352 e. The Bertz CT molecular complexity index is 1160. The van der Waals surface area contributed by atoms with E-state index in [0.29, 0.717) is 18.4 Å². The Balaban J connectivity index is 1.38. The molecular formula is C25H29N5O2. The minimum atomic E-state index is -0.279. The predicted octanol–water partition coefficient (Wildman–Crippen LogP) is 3.56. The molecule has 1 N–H and O–H groups in total. The van der Waals surface area contributed by atoms with Gasteiger partial charge in [-0.05, 0) is 69.2 Å². The van der Waals surface area contributed by atoms with Crippen molar-refractivity contribution in [3.63, 3.8) is 0 Å². The first kappa shape index (κ1) is 21.9. The van der Waals surface area contributed by atoms with Gasteiger partial charge in [0, 0.05) is 43.2 Å². The minimum Gasteiger partial charge on any atom is -0.352 e. The molecule has 3 aromatic rings. The maximum Gasteiger partial charge on any atom is 0.263 e.